The van der Waals surface area contributed by atoms with Crippen LogP contribution in [0.5, 0.6) is 5.75 Å². The van der Waals surface area contributed by atoms with E-state index < -0.39 is 5.82 Å². The molecule has 0 spiro atoms. The lowest BCUT2D eigenvalue weighted by Crippen LogP contribution is -2.07. The molecule has 4 nitrogen and oxygen atoms in total. The molecule has 6 heteroatoms. The number of hydrogen-bond donors (Lipinski definition) is 1. The maximum atomic E-state index is 13.9. The van der Waals surface area contributed by atoms with Crippen LogP contribution in [0, 0.1) is 12.7 Å². The number of anilines is 1. The number of aromatic nitrogens is 2. The number of benzene rings is 1. The molecule has 0 aliphatic rings. The molecule has 0 atom stereocenters. The summed E-state index contributed by atoms with van der Waals surface area (Å²) in [5.41, 5.74) is 1.01. The predicted octanol–water partition coefficient (Wildman–Crippen LogP) is 3.79. The standard InChI is InChI=1S/C14H15BrFN3O/c1-4-17-14-12(16)8(2)18-13(19-14)10-7-9(15)5-6-11(10)20-3/h5-7H,4H2,1-3H3,(H,17,18,19). The second-order valence-corrected chi connectivity index (χ2v) is 5.09. The molecule has 20 heavy (non-hydrogen) atoms. The SMILES string of the molecule is CCNc1nc(-c2cc(Br)ccc2OC)nc(C)c1F. The van der Waals surface area contributed by atoms with Crippen molar-refractivity contribution in [1.82, 2.24) is 9.97 Å². The molecular formula is C14H15BrFN3O. The number of hydrogen-bond acceptors (Lipinski definition) is 4. The Bertz CT molecular complexity index is 634. The maximum Gasteiger partial charge on any atom is 0.186 e. The second-order valence-electron chi connectivity index (χ2n) is 4.17. The van der Waals surface area contributed by atoms with Crippen LogP contribution in [0.4, 0.5) is 10.2 Å². The molecule has 0 saturated heterocycles. The van der Waals surface area contributed by atoms with E-state index in [1.165, 1.54) is 0 Å². The molecule has 0 fully saturated rings. The zero-order chi connectivity index (χ0) is 14.7. The number of aryl methyl sites for hydroxylation is 1. The number of nitrogens with zero attached hydrogens (tertiary/aromatic N) is 2. The normalized spacial score (nSPS) is 10.4. The molecule has 1 heterocycles. The molecule has 1 aromatic carbocycles. The summed E-state index contributed by atoms with van der Waals surface area (Å²) in [6.07, 6.45) is 0. The van der Waals surface area contributed by atoms with Gasteiger partial charge in [0.15, 0.2) is 17.5 Å². The van der Waals surface area contributed by atoms with Crippen molar-refractivity contribution >= 4 is 21.7 Å². The van der Waals surface area contributed by atoms with Crippen molar-refractivity contribution in [2.75, 3.05) is 19.0 Å². The van der Waals surface area contributed by atoms with E-state index in [2.05, 4.69) is 31.2 Å². The lowest BCUT2D eigenvalue weighted by atomic mass is 10.2. The van der Waals surface area contributed by atoms with E-state index in [0.717, 1.165) is 4.47 Å². The Kier molecular flexibility index (Phi) is 4.54. The van der Waals surface area contributed by atoms with Gasteiger partial charge in [0, 0.05) is 11.0 Å². The predicted molar refractivity (Wildman–Crippen MR) is 80.6 cm³/mol. The van der Waals surface area contributed by atoms with E-state index >= 15 is 0 Å². The van der Waals surface area contributed by atoms with Crippen molar-refractivity contribution < 1.29 is 9.13 Å². The number of ether oxygens (including phenoxy) is 1. The van der Waals surface area contributed by atoms with E-state index in [4.69, 9.17) is 4.74 Å². The quantitative estimate of drug-likeness (QED) is 0.920. The third-order valence-electron chi connectivity index (χ3n) is 2.76. The number of nitrogens with one attached hydrogen (secondary N) is 1. The Hall–Kier alpha value is -1.69. The van der Waals surface area contributed by atoms with Crippen LogP contribution in [-0.2, 0) is 0 Å². The van der Waals surface area contributed by atoms with Crippen molar-refractivity contribution in [3.63, 3.8) is 0 Å². The molecular weight excluding hydrogens is 325 g/mol. The number of halogens is 2. The van der Waals surface area contributed by atoms with Gasteiger partial charge >= 0.3 is 0 Å². The highest BCUT2D eigenvalue weighted by Gasteiger charge is 2.15. The first-order chi connectivity index (χ1) is 9.56. The Morgan fingerprint density at radius 1 is 1.35 bits per heavy atom. The molecule has 1 N–H and O–H groups in total. The third kappa shape index (κ3) is 2.90. The van der Waals surface area contributed by atoms with Crippen LogP contribution in [0.1, 0.15) is 12.6 Å². The second kappa shape index (κ2) is 6.17. The zero-order valence-corrected chi connectivity index (χ0v) is 13.1. The van der Waals surface area contributed by atoms with E-state index in [0.29, 0.717) is 29.4 Å². The van der Waals surface area contributed by atoms with Crippen molar-refractivity contribution in [3.05, 3.63) is 34.2 Å². The largest absolute Gasteiger partial charge is 0.496 e. The van der Waals surface area contributed by atoms with Crippen LogP contribution in [0.15, 0.2) is 22.7 Å². The van der Waals surface area contributed by atoms with E-state index in [9.17, 15) is 4.39 Å². The average molecular weight is 340 g/mol. The van der Waals surface area contributed by atoms with Crippen LogP contribution in [0.2, 0.25) is 0 Å². The molecule has 0 saturated carbocycles. The molecule has 0 aliphatic heterocycles. The highest BCUT2D eigenvalue weighted by molar-refractivity contribution is 9.10. The third-order valence-corrected chi connectivity index (χ3v) is 3.26. The molecule has 0 bridgehead atoms. The van der Waals surface area contributed by atoms with Gasteiger partial charge < -0.3 is 10.1 Å². The molecule has 1 aromatic heterocycles. The Labute approximate surface area is 125 Å². The summed E-state index contributed by atoms with van der Waals surface area (Å²) in [6, 6.07) is 5.53. The van der Waals surface area contributed by atoms with Gasteiger partial charge in [-0.05, 0) is 32.0 Å². The van der Waals surface area contributed by atoms with Gasteiger partial charge in [0.05, 0.1) is 18.4 Å². The minimum Gasteiger partial charge on any atom is -0.496 e. The smallest absolute Gasteiger partial charge is 0.186 e. The van der Waals surface area contributed by atoms with E-state index in [1.807, 2.05) is 25.1 Å². The van der Waals surface area contributed by atoms with Gasteiger partial charge in [-0.1, -0.05) is 15.9 Å². The van der Waals surface area contributed by atoms with Gasteiger partial charge in [0.25, 0.3) is 0 Å². The van der Waals surface area contributed by atoms with Crippen LogP contribution >= 0.6 is 15.9 Å². The molecule has 0 radical (unpaired) electrons. The summed E-state index contributed by atoms with van der Waals surface area (Å²) in [4.78, 5) is 8.45. The molecule has 2 rings (SSSR count). The van der Waals surface area contributed by atoms with E-state index in [-0.39, 0.29) is 5.82 Å². The van der Waals surface area contributed by atoms with Gasteiger partial charge in [-0.15, -0.1) is 0 Å². The summed E-state index contributed by atoms with van der Waals surface area (Å²) < 4.78 is 20.1. The minimum absolute atomic E-state index is 0.206. The fraction of sp³-hybridized carbons (Fsp3) is 0.286. The van der Waals surface area contributed by atoms with Crippen molar-refractivity contribution in [3.8, 4) is 17.1 Å². The lowest BCUT2D eigenvalue weighted by Gasteiger charge is -2.11. The highest BCUT2D eigenvalue weighted by atomic mass is 79.9. The Balaban J connectivity index is 2.60. The molecule has 0 aliphatic carbocycles. The van der Waals surface area contributed by atoms with Crippen LogP contribution < -0.4 is 10.1 Å². The first-order valence-corrected chi connectivity index (χ1v) is 6.98. The maximum absolute atomic E-state index is 13.9. The van der Waals surface area contributed by atoms with Gasteiger partial charge in [0.1, 0.15) is 5.75 Å². The van der Waals surface area contributed by atoms with Crippen LogP contribution in [-0.4, -0.2) is 23.6 Å². The topological polar surface area (TPSA) is 47.0 Å². The summed E-state index contributed by atoms with van der Waals surface area (Å²) in [5.74, 6) is 0.848. The highest BCUT2D eigenvalue weighted by Crippen LogP contribution is 2.31. The molecule has 0 amide bonds. The fourth-order valence-corrected chi connectivity index (χ4v) is 2.18. The number of rotatable bonds is 4. The summed E-state index contributed by atoms with van der Waals surface area (Å²) in [6.45, 7) is 4.09. The van der Waals surface area contributed by atoms with Gasteiger partial charge in [0.2, 0.25) is 0 Å². The molecule has 2 aromatic rings. The summed E-state index contributed by atoms with van der Waals surface area (Å²) in [7, 11) is 1.58. The zero-order valence-electron chi connectivity index (χ0n) is 11.5. The van der Waals surface area contributed by atoms with Gasteiger partial charge in [-0.2, -0.15) is 0 Å². The van der Waals surface area contributed by atoms with Gasteiger partial charge in [-0.25, -0.2) is 14.4 Å². The lowest BCUT2D eigenvalue weighted by molar-refractivity contribution is 0.416. The van der Waals surface area contributed by atoms with Crippen molar-refractivity contribution in [2.24, 2.45) is 0 Å². The fourth-order valence-electron chi connectivity index (χ4n) is 1.82. The van der Waals surface area contributed by atoms with Crippen LogP contribution in [0.25, 0.3) is 11.4 Å². The number of methoxy groups -OCH3 is 1. The van der Waals surface area contributed by atoms with E-state index in [1.54, 1.807) is 14.0 Å². The average Bonchev–Trinajstić information content (AvgIpc) is 2.43. The Morgan fingerprint density at radius 2 is 2.10 bits per heavy atom. The first-order valence-electron chi connectivity index (χ1n) is 6.18. The summed E-state index contributed by atoms with van der Waals surface area (Å²) in [5, 5.41) is 2.90. The Morgan fingerprint density at radius 3 is 2.75 bits per heavy atom. The molecule has 106 valence electrons. The van der Waals surface area contributed by atoms with Gasteiger partial charge in [-0.3, -0.25) is 0 Å². The molecule has 0 unspecified atom stereocenters. The monoisotopic (exact) mass is 339 g/mol. The van der Waals surface area contributed by atoms with Crippen LogP contribution in [0.3, 0.4) is 0 Å². The first kappa shape index (κ1) is 14.7. The minimum atomic E-state index is -0.426. The summed E-state index contributed by atoms with van der Waals surface area (Å²) >= 11 is 3.40. The van der Waals surface area contributed by atoms with Crippen molar-refractivity contribution in [1.29, 1.82) is 0 Å². The van der Waals surface area contributed by atoms with Crippen molar-refractivity contribution in [2.45, 2.75) is 13.8 Å².